The lowest BCUT2D eigenvalue weighted by molar-refractivity contribution is 0.0494. The molecule has 0 saturated heterocycles. The second-order valence-electron chi connectivity index (χ2n) is 8.96. The lowest BCUT2D eigenvalue weighted by Crippen LogP contribution is -2.36. The van der Waals surface area contributed by atoms with E-state index in [1.54, 1.807) is 0 Å². The summed E-state index contributed by atoms with van der Waals surface area (Å²) in [6.45, 7) is 7.50. The van der Waals surface area contributed by atoms with Gasteiger partial charge in [-0.2, -0.15) is 0 Å². The normalized spacial score (nSPS) is 21.1. The molecule has 1 aliphatic heterocycles. The minimum atomic E-state index is -0.530. The van der Waals surface area contributed by atoms with Gasteiger partial charge in [-0.3, -0.25) is 0 Å². The first-order chi connectivity index (χ1) is 13.2. The summed E-state index contributed by atoms with van der Waals surface area (Å²) in [5.41, 5.74) is 7.14. The molecule has 2 unspecified atom stereocenters. The summed E-state index contributed by atoms with van der Waals surface area (Å²) < 4.78 is 11.3. The van der Waals surface area contributed by atoms with E-state index in [9.17, 15) is 4.79 Å². The molecule has 0 bridgehead atoms. The molecule has 1 aliphatic carbocycles. The number of benzene rings is 1. The molecule has 0 radical (unpaired) electrons. The molecule has 3 rings (SSSR count). The van der Waals surface area contributed by atoms with Crippen LogP contribution in [0.1, 0.15) is 77.8 Å². The number of hydrogen-bond acceptors (Lipinski definition) is 5. The Kier molecular flexibility index (Phi) is 6.16. The van der Waals surface area contributed by atoms with E-state index >= 15 is 0 Å². The number of nitrogens with two attached hydrogens (primary N) is 1. The molecule has 6 heteroatoms. The van der Waals surface area contributed by atoms with Gasteiger partial charge in [-0.05, 0) is 57.7 Å². The van der Waals surface area contributed by atoms with Crippen molar-refractivity contribution in [1.29, 1.82) is 0 Å². The van der Waals surface area contributed by atoms with Crippen molar-refractivity contribution in [2.24, 2.45) is 16.6 Å². The molecule has 1 heterocycles. The highest BCUT2D eigenvalue weighted by molar-refractivity contribution is 5.89. The summed E-state index contributed by atoms with van der Waals surface area (Å²) in [7, 11) is 0. The summed E-state index contributed by atoms with van der Waals surface area (Å²) >= 11 is 0. The number of carbonyl (C=O) groups excluding carboxylic acids is 1. The third kappa shape index (κ3) is 5.40. The predicted molar refractivity (Wildman–Crippen MR) is 111 cm³/mol. The Hall–Kier alpha value is -2.24. The van der Waals surface area contributed by atoms with Crippen molar-refractivity contribution in [1.82, 2.24) is 5.32 Å². The van der Waals surface area contributed by atoms with Gasteiger partial charge in [0.2, 0.25) is 0 Å². The number of aliphatic imine (C=N–C) groups is 1. The van der Waals surface area contributed by atoms with Gasteiger partial charge in [-0.15, -0.1) is 0 Å². The Labute approximate surface area is 167 Å². The zero-order valence-electron chi connectivity index (χ0n) is 17.5. The fourth-order valence-corrected chi connectivity index (χ4v) is 3.90. The maximum atomic E-state index is 12.5. The number of alkyl carbamates (subject to hydrolysis) is 1. The highest BCUT2D eigenvalue weighted by Crippen LogP contribution is 2.37. The molecule has 1 amide bonds. The van der Waals surface area contributed by atoms with E-state index in [0.717, 1.165) is 17.7 Å². The number of rotatable bonds is 4. The van der Waals surface area contributed by atoms with Gasteiger partial charge in [0.05, 0.1) is 6.04 Å². The number of amides is 1. The third-order valence-electron chi connectivity index (χ3n) is 5.34. The average molecular weight is 388 g/mol. The van der Waals surface area contributed by atoms with E-state index in [0.29, 0.717) is 17.4 Å². The smallest absolute Gasteiger partial charge is 0.408 e. The molecule has 3 N–H and O–H groups in total. The third-order valence-corrected chi connectivity index (χ3v) is 5.34. The van der Waals surface area contributed by atoms with E-state index in [1.165, 1.54) is 32.1 Å². The van der Waals surface area contributed by atoms with Crippen LogP contribution in [0.25, 0.3) is 0 Å². The van der Waals surface area contributed by atoms with Crippen LogP contribution in [0.5, 0.6) is 5.75 Å². The van der Waals surface area contributed by atoms with Crippen LogP contribution in [-0.4, -0.2) is 23.6 Å². The number of fused-ring (bicyclic) bond motifs is 1. The van der Waals surface area contributed by atoms with E-state index in [2.05, 4.69) is 10.3 Å². The van der Waals surface area contributed by atoms with Crippen LogP contribution >= 0.6 is 0 Å². The Balaban J connectivity index is 1.82. The van der Waals surface area contributed by atoms with Gasteiger partial charge in [0.25, 0.3) is 0 Å². The summed E-state index contributed by atoms with van der Waals surface area (Å²) in [5.74, 6) is 1.79. The largest absolute Gasteiger partial charge is 0.481 e. The first kappa shape index (κ1) is 20.5. The van der Waals surface area contributed by atoms with Crippen LogP contribution in [0.4, 0.5) is 10.5 Å². The number of nitrogens with zero attached hydrogens (tertiary/aromatic N) is 1. The zero-order valence-corrected chi connectivity index (χ0v) is 17.5. The quantitative estimate of drug-likeness (QED) is 0.762. The number of ether oxygens (including phenoxy) is 2. The molecule has 1 aromatic rings. The second kappa shape index (κ2) is 8.41. The number of carbonyl (C=O) groups is 1. The van der Waals surface area contributed by atoms with Gasteiger partial charge in [-0.1, -0.05) is 38.2 Å². The average Bonchev–Trinajstić information content (AvgIpc) is 2.61. The van der Waals surface area contributed by atoms with Crippen LogP contribution < -0.4 is 15.8 Å². The lowest BCUT2D eigenvalue weighted by atomic mass is 9.83. The molecular formula is C22H33N3O3. The number of hydrogen-bond donors (Lipinski definition) is 2. The second-order valence-corrected chi connectivity index (χ2v) is 8.96. The lowest BCUT2D eigenvalue weighted by Gasteiger charge is -2.29. The van der Waals surface area contributed by atoms with Gasteiger partial charge in [-0.25, -0.2) is 9.79 Å². The Bertz CT molecular complexity index is 733. The van der Waals surface area contributed by atoms with Crippen molar-refractivity contribution in [2.45, 2.75) is 84.0 Å². The van der Waals surface area contributed by atoms with Crippen molar-refractivity contribution >= 4 is 17.6 Å². The predicted octanol–water partition coefficient (Wildman–Crippen LogP) is 4.99. The number of amidine groups is 1. The highest BCUT2D eigenvalue weighted by atomic mass is 16.6. The minimum Gasteiger partial charge on any atom is -0.481 e. The summed E-state index contributed by atoms with van der Waals surface area (Å²) in [5, 5.41) is 3.08. The molecule has 154 valence electrons. The molecule has 0 aromatic heterocycles. The molecule has 1 fully saturated rings. The summed E-state index contributed by atoms with van der Waals surface area (Å²) in [6.07, 6.45) is 6.54. The van der Waals surface area contributed by atoms with Gasteiger partial charge >= 0.3 is 6.09 Å². The molecule has 1 saturated carbocycles. The first-order valence-electron chi connectivity index (χ1n) is 10.4. The molecule has 28 heavy (non-hydrogen) atoms. The molecule has 2 atom stereocenters. The Morgan fingerprint density at radius 2 is 2.04 bits per heavy atom. The molecular weight excluding hydrogens is 354 g/mol. The maximum Gasteiger partial charge on any atom is 0.408 e. The summed E-state index contributed by atoms with van der Waals surface area (Å²) in [6, 6.07) is 5.77. The Morgan fingerprint density at radius 1 is 1.32 bits per heavy atom. The van der Waals surface area contributed by atoms with Crippen molar-refractivity contribution in [3.63, 3.8) is 0 Å². The van der Waals surface area contributed by atoms with E-state index in [4.69, 9.17) is 15.2 Å². The van der Waals surface area contributed by atoms with E-state index < -0.39 is 5.60 Å². The van der Waals surface area contributed by atoms with Crippen molar-refractivity contribution in [3.05, 3.63) is 23.8 Å². The van der Waals surface area contributed by atoms with Crippen molar-refractivity contribution < 1.29 is 14.3 Å². The topological polar surface area (TPSA) is 85.9 Å². The van der Waals surface area contributed by atoms with Crippen LogP contribution in [0.3, 0.4) is 0 Å². The first-order valence-corrected chi connectivity index (χ1v) is 10.4. The molecule has 2 aliphatic rings. The SMILES string of the molecule is CC1Oc2ccc(C(CC3CCCCC3)NC(=O)OC(C)(C)C)cc2N=C1N. The van der Waals surface area contributed by atoms with Crippen molar-refractivity contribution in [2.75, 3.05) is 0 Å². The van der Waals surface area contributed by atoms with Gasteiger partial charge in [0, 0.05) is 0 Å². The van der Waals surface area contributed by atoms with Gasteiger partial charge < -0.3 is 20.5 Å². The van der Waals surface area contributed by atoms with Crippen LogP contribution in [0, 0.1) is 5.92 Å². The van der Waals surface area contributed by atoms with Crippen LogP contribution in [0.15, 0.2) is 23.2 Å². The van der Waals surface area contributed by atoms with E-state index in [-0.39, 0.29) is 18.2 Å². The van der Waals surface area contributed by atoms with Crippen LogP contribution in [0.2, 0.25) is 0 Å². The van der Waals surface area contributed by atoms with Gasteiger partial charge in [0.15, 0.2) is 6.10 Å². The fraction of sp³-hybridized carbons (Fsp3) is 0.636. The maximum absolute atomic E-state index is 12.5. The number of nitrogens with one attached hydrogen (secondary N) is 1. The molecule has 0 spiro atoms. The van der Waals surface area contributed by atoms with Gasteiger partial charge in [0.1, 0.15) is 22.9 Å². The molecule has 6 nitrogen and oxygen atoms in total. The minimum absolute atomic E-state index is 0.126. The fourth-order valence-electron chi connectivity index (χ4n) is 3.90. The summed E-state index contributed by atoms with van der Waals surface area (Å²) in [4.78, 5) is 16.9. The van der Waals surface area contributed by atoms with Crippen LogP contribution in [-0.2, 0) is 4.74 Å². The zero-order chi connectivity index (χ0) is 20.3. The monoisotopic (exact) mass is 387 g/mol. The highest BCUT2D eigenvalue weighted by Gasteiger charge is 2.26. The van der Waals surface area contributed by atoms with Crippen molar-refractivity contribution in [3.8, 4) is 5.75 Å². The molecule has 1 aromatic carbocycles. The van der Waals surface area contributed by atoms with E-state index in [1.807, 2.05) is 45.9 Å². The standard InChI is InChI=1S/C22H33N3O3/c1-14-20(23)24-18-13-16(10-11-19(18)27-14)17(12-15-8-6-5-7-9-15)25-21(26)28-22(2,3)4/h10-11,13-15,17H,5-9,12H2,1-4H3,(H2,23,24)(H,25,26). The Morgan fingerprint density at radius 3 is 2.71 bits per heavy atom.